The molecule has 0 unspecified atom stereocenters. The predicted molar refractivity (Wildman–Crippen MR) is 90.8 cm³/mol. The molecule has 0 spiro atoms. The highest BCUT2D eigenvalue weighted by Crippen LogP contribution is 2.26. The highest BCUT2D eigenvalue weighted by Gasteiger charge is 2.17. The summed E-state index contributed by atoms with van der Waals surface area (Å²) in [6.45, 7) is 0. The molecule has 0 fully saturated rings. The lowest BCUT2D eigenvalue weighted by Crippen LogP contribution is -2.11. The van der Waals surface area contributed by atoms with E-state index in [4.69, 9.17) is 10.3 Å². The van der Waals surface area contributed by atoms with Crippen molar-refractivity contribution in [2.24, 2.45) is 5.73 Å². The Labute approximate surface area is 151 Å². The minimum Gasteiger partial charge on any atom is -0.361 e. The van der Waals surface area contributed by atoms with E-state index < -0.39 is 11.7 Å². The van der Waals surface area contributed by atoms with Crippen LogP contribution in [0.15, 0.2) is 47.1 Å². The first-order chi connectivity index (χ1) is 13.0. The Kier molecular flexibility index (Phi) is 4.11. The lowest BCUT2D eigenvalue weighted by Gasteiger charge is -2.04. The van der Waals surface area contributed by atoms with Gasteiger partial charge in [-0.1, -0.05) is 5.16 Å². The molecule has 3 heterocycles. The molecule has 1 aromatic carbocycles. The van der Waals surface area contributed by atoms with Crippen molar-refractivity contribution >= 4 is 11.6 Å². The van der Waals surface area contributed by atoms with Gasteiger partial charge in [0, 0.05) is 18.2 Å². The van der Waals surface area contributed by atoms with Gasteiger partial charge in [-0.05, 0) is 42.8 Å². The first kappa shape index (κ1) is 16.8. The van der Waals surface area contributed by atoms with Crippen LogP contribution >= 0.6 is 0 Å². The topological polar surface area (TPSA) is 99.3 Å². The molecule has 27 heavy (non-hydrogen) atoms. The third-order valence-electron chi connectivity index (χ3n) is 4.06. The number of carbonyl (C=O) groups is 1. The lowest BCUT2D eigenvalue weighted by molar-refractivity contribution is 0.0958. The Morgan fingerprint density at radius 1 is 1.04 bits per heavy atom. The first-order valence-electron chi connectivity index (χ1n) is 8.06. The van der Waals surface area contributed by atoms with Gasteiger partial charge in [-0.3, -0.25) is 4.79 Å². The molecule has 136 valence electrons. The zero-order valence-corrected chi connectivity index (χ0v) is 13.9. The van der Waals surface area contributed by atoms with E-state index in [9.17, 15) is 13.6 Å². The number of amides is 1. The molecule has 4 rings (SSSR count). The van der Waals surface area contributed by atoms with Crippen molar-refractivity contribution in [2.75, 3.05) is 0 Å². The van der Waals surface area contributed by atoms with Crippen LogP contribution in [0.25, 0.3) is 16.9 Å². The molecule has 0 bridgehead atoms. The summed E-state index contributed by atoms with van der Waals surface area (Å²) in [6, 6.07) is 8.77. The quantitative estimate of drug-likeness (QED) is 0.583. The van der Waals surface area contributed by atoms with Gasteiger partial charge in [0.15, 0.2) is 5.82 Å². The Bertz CT molecular complexity index is 1130. The number of halogens is 2. The van der Waals surface area contributed by atoms with Crippen LogP contribution in [-0.2, 0) is 12.8 Å². The molecule has 0 atom stereocenters. The van der Waals surface area contributed by atoms with Gasteiger partial charge in [0.1, 0.15) is 17.3 Å². The summed E-state index contributed by atoms with van der Waals surface area (Å²) in [4.78, 5) is 19.5. The molecule has 0 aliphatic rings. The molecule has 3 aromatic heterocycles. The summed E-state index contributed by atoms with van der Waals surface area (Å²) in [6.07, 6.45) is 2.03. The second kappa shape index (κ2) is 6.60. The molecule has 0 aliphatic heterocycles. The zero-order valence-electron chi connectivity index (χ0n) is 13.9. The van der Waals surface area contributed by atoms with Crippen LogP contribution in [0.2, 0.25) is 0 Å². The fraction of sp³-hybridized carbons (Fsp3) is 0.111. The number of carbonyl (C=O) groups excluding carboxylic acids is 1. The van der Waals surface area contributed by atoms with Gasteiger partial charge in [-0.15, -0.1) is 0 Å². The Morgan fingerprint density at radius 3 is 2.48 bits per heavy atom. The van der Waals surface area contributed by atoms with E-state index in [0.29, 0.717) is 41.3 Å². The zero-order chi connectivity index (χ0) is 19.0. The Balaban J connectivity index is 1.74. The maximum atomic E-state index is 13.7. The summed E-state index contributed by atoms with van der Waals surface area (Å²) in [5.74, 6) is -1.56. The number of hydrogen-bond acceptors (Lipinski definition) is 5. The number of rotatable bonds is 5. The molecule has 4 aromatic rings. The highest BCUT2D eigenvalue weighted by molar-refractivity contribution is 5.87. The molecular weight excluding hydrogens is 356 g/mol. The number of fused-ring (bicyclic) bond motifs is 1. The number of imidazole rings is 1. The van der Waals surface area contributed by atoms with Crippen LogP contribution in [-0.4, -0.2) is 25.4 Å². The van der Waals surface area contributed by atoms with Gasteiger partial charge in [-0.25, -0.2) is 13.8 Å². The lowest BCUT2D eigenvalue weighted by atomic mass is 10.1. The molecular formula is C18H13F2N5O2. The summed E-state index contributed by atoms with van der Waals surface area (Å²) in [5.41, 5.74) is 7.64. The molecule has 0 saturated heterocycles. The number of nitrogens with zero attached hydrogens (tertiary/aromatic N) is 4. The molecule has 0 aliphatic carbocycles. The van der Waals surface area contributed by atoms with E-state index in [0.717, 1.165) is 0 Å². The van der Waals surface area contributed by atoms with E-state index in [-0.39, 0.29) is 11.7 Å². The van der Waals surface area contributed by atoms with Gasteiger partial charge in [-0.2, -0.15) is 4.98 Å². The highest BCUT2D eigenvalue weighted by atomic mass is 19.1. The maximum Gasteiger partial charge on any atom is 0.315 e. The fourth-order valence-corrected chi connectivity index (χ4v) is 2.83. The second-order valence-electron chi connectivity index (χ2n) is 5.87. The van der Waals surface area contributed by atoms with Crippen molar-refractivity contribution in [2.45, 2.75) is 12.8 Å². The minimum absolute atomic E-state index is 0.270. The van der Waals surface area contributed by atoms with Crippen LogP contribution in [0, 0.1) is 11.6 Å². The maximum absolute atomic E-state index is 13.7. The third kappa shape index (κ3) is 3.26. The minimum atomic E-state index is -0.808. The number of aromatic nitrogens is 4. The number of nitrogens with two attached hydrogens (primary N) is 1. The number of primary amides is 1. The number of benzene rings is 1. The van der Waals surface area contributed by atoms with Crippen LogP contribution < -0.4 is 5.73 Å². The van der Waals surface area contributed by atoms with Gasteiger partial charge < -0.3 is 14.7 Å². The number of aryl methyl sites for hydroxylation is 2. The van der Waals surface area contributed by atoms with Crippen molar-refractivity contribution in [3.8, 4) is 11.3 Å². The van der Waals surface area contributed by atoms with E-state index in [1.165, 1.54) is 24.4 Å². The molecule has 2 N–H and O–H groups in total. The predicted octanol–water partition coefficient (Wildman–Crippen LogP) is 2.55. The fourth-order valence-electron chi connectivity index (χ4n) is 2.83. The van der Waals surface area contributed by atoms with Crippen molar-refractivity contribution < 1.29 is 18.1 Å². The Hall–Kier alpha value is -3.62. The van der Waals surface area contributed by atoms with E-state index >= 15 is 0 Å². The van der Waals surface area contributed by atoms with Crippen molar-refractivity contribution in [1.29, 1.82) is 0 Å². The smallest absolute Gasteiger partial charge is 0.315 e. The van der Waals surface area contributed by atoms with Gasteiger partial charge >= 0.3 is 11.8 Å². The summed E-state index contributed by atoms with van der Waals surface area (Å²) in [5, 5.41) is 3.71. The largest absolute Gasteiger partial charge is 0.361 e. The second-order valence-corrected chi connectivity index (χ2v) is 5.87. The van der Waals surface area contributed by atoms with Crippen molar-refractivity contribution in [3.63, 3.8) is 0 Å². The third-order valence-corrected chi connectivity index (χ3v) is 4.06. The SMILES string of the molecule is NC(=O)c1nc(CCc2c(-c3ccc(F)cc3)nc3ccc(F)cn23)no1. The average Bonchev–Trinajstić information content (AvgIpc) is 3.25. The molecule has 0 saturated carbocycles. The van der Waals surface area contributed by atoms with E-state index in [2.05, 4.69) is 15.1 Å². The van der Waals surface area contributed by atoms with Crippen LogP contribution in [0.1, 0.15) is 22.2 Å². The van der Waals surface area contributed by atoms with Gasteiger partial charge in [0.05, 0.1) is 11.4 Å². The first-order valence-corrected chi connectivity index (χ1v) is 8.06. The average molecular weight is 369 g/mol. The van der Waals surface area contributed by atoms with E-state index in [1.807, 2.05) is 0 Å². The van der Waals surface area contributed by atoms with Gasteiger partial charge in [0.2, 0.25) is 0 Å². The van der Waals surface area contributed by atoms with Crippen LogP contribution in [0.3, 0.4) is 0 Å². The molecule has 9 heteroatoms. The number of pyridine rings is 1. The Morgan fingerprint density at radius 2 is 1.78 bits per heavy atom. The van der Waals surface area contributed by atoms with Crippen molar-refractivity contribution in [1.82, 2.24) is 19.5 Å². The monoisotopic (exact) mass is 369 g/mol. The summed E-state index contributed by atoms with van der Waals surface area (Å²) < 4.78 is 33.4. The standard InChI is InChI=1S/C18H13F2N5O2/c19-11-3-1-10(2-4-11)16-13(25-9-12(20)5-8-15(25)23-16)6-7-14-22-18(17(21)26)27-24-14/h1-5,8-9H,6-7H2,(H2,21,26). The molecule has 7 nitrogen and oxygen atoms in total. The van der Waals surface area contributed by atoms with Crippen molar-refractivity contribution in [3.05, 3.63) is 71.6 Å². The number of hydrogen-bond donors (Lipinski definition) is 1. The summed E-state index contributed by atoms with van der Waals surface area (Å²) >= 11 is 0. The molecule has 1 amide bonds. The summed E-state index contributed by atoms with van der Waals surface area (Å²) in [7, 11) is 0. The van der Waals surface area contributed by atoms with E-state index in [1.54, 1.807) is 22.6 Å². The van der Waals surface area contributed by atoms with Crippen LogP contribution in [0.4, 0.5) is 8.78 Å². The molecule has 0 radical (unpaired) electrons. The normalized spacial score (nSPS) is 11.2. The van der Waals surface area contributed by atoms with Gasteiger partial charge in [0.25, 0.3) is 0 Å². The van der Waals surface area contributed by atoms with Crippen LogP contribution in [0.5, 0.6) is 0 Å².